The molecule has 130 valence electrons. The summed E-state index contributed by atoms with van der Waals surface area (Å²) in [7, 11) is 0. The van der Waals surface area contributed by atoms with E-state index < -0.39 is 11.9 Å². The molecule has 2 aromatic carbocycles. The van der Waals surface area contributed by atoms with Crippen LogP contribution >= 0.6 is 55.4 Å². The second kappa shape index (κ2) is 6.60. The smallest absolute Gasteiger partial charge is 0.344 e. The van der Waals surface area contributed by atoms with Gasteiger partial charge in [0.15, 0.2) is 0 Å². The molecule has 26 heavy (non-hydrogen) atoms. The topological polar surface area (TPSA) is 74.6 Å². The van der Waals surface area contributed by atoms with Gasteiger partial charge in [-0.2, -0.15) is 0 Å². The molecule has 0 fully saturated rings. The van der Waals surface area contributed by atoms with Crippen molar-refractivity contribution in [1.82, 2.24) is 0 Å². The molecule has 0 unspecified atom stereocenters. The Morgan fingerprint density at radius 3 is 1.54 bits per heavy atom. The fourth-order valence-electron chi connectivity index (χ4n) is 2.96. The number of carboxylic acids is 2. The van der Waals surface area contributed by atoms with Gasteiger partial charge in [-0.1, -0.05) is 67.5 Å². The van der Waals surface area contributed by atoms with Gasteiger partial charge in [0.25, 0.3) is 0 Å². The molecule has 0 amide bonds. The van der Waals surface area contributed by atoms with Gasteiger partial charge in [-0.15, -0.1) is 0 Å². The lowest BCUT2D eigenvalue weighted by Crippen LogP contribution is -2.03. The molecule has 0 saturated heterocycles. The Balaban J connectivity index is 1.97. The van der Waals surface area contributed by atoms with Crippen molar-refractivity contribution in [3.63, 3.8) is 0 Å². The molecular weight excluding hydrogens is 504 g/mol. The van der Waals surface area contributed by atoms with Crippen LogP contribution in [0.2, 0.25) is 0 Å². The van der Waals surface area contributed by atoms with Crippen molar-refractivity contribution in [3.8, 4) is 11.1 Å². The molecule has 1 aliphatic heterocycles. The largest absolute Gasteiger partial charge is 0.477 e. The van der Waals surface area contributed by atoms with Crippen LogP contribution in [0.25, 0.3) is 16.7 Å². The van der Waals surface area contributed by atoms with Gasteiger partial charge in [0.2, 0.25) is 0 Å². The summed E-state index contributed by atoms with van der Waals surface area (Å²) in [6.45, 7) is 0. The van der Waals surface area contributed by atoms with Crippen molar-refractivity contribution in [2.24, 2.45) is 0 Å². The second-order valence-electron chi connectivity index (χ2n) is 5.51. The van der Waals surface area contributed by atoms with Crippen LogP contribution in [0.1, 0.15) is 11.1 Å². The van der Waals surface area contributed by atoms with Gasteiger partial charge in [0, 0.05) is 14.5 Å². The molecular formula is C18H8Br2O4S2. The van der Waals surface area contributed by atoms with Gasteiger partial charge in [0.05, 0.1) is 4.24 Å². The first-order chi connectivity index (χ1) is 12.4. The number of fused-ring (bicyclic) bond motifs is 3. The third-order valence-corrected chi connectivity index (χ3v) is 7.54. The molecule has 2 aromatic rings. The van der Waals surface area contributed by atoms with E-state index in [0.29, 0.717) is 4.24 Å². The highest BCUT2D eigenvalue weighted by atomic mass is 79.9. The molecule has 4 nitrogen and oxygen atoms in total. The number of hydrogen-bond donors (Lipinski definition) is 2. The highest BCUT2D eigenvalue weighted by molar-refractivity contribution is 9.10. The zero-order valence-corrected chi connectivity index (χ0v) is 17.6. The molecule has 8 heteroatoms. The number of benzene rings is 2. The van der Waals surface area contributed by atoms with Crippen molar-refractivity contribution in [2.75, 3.05) is 0 Å². The summed E-state index contributed by atoms with van der Waals surface area (Å²) in [6, 6.07) is 11.9. The SMILES string of the molecule is O=C(O)C1=C(C(=O)O)SC(=C2c3cc(Br)ccc3-c3ccc(Br)cc32)S1. The fraction of sp³-hybridized carbons (Fsp3) is 0. The minimum Gasteiger partial charge on any atom is -0.477 e. The van der Waals surface area contributed by atoms with Crippen LogP contribution < -0.4 is 0 Å². The fourth-order valence-corrected chi connectivity index (χ4v) is 6.15. The monoisotopic (exact) mass is 510 g/mol. The van der Waals surface area contributed by atoms with Gasteiger partial charge in [0.1, 0.15) is 9.81 Å². The van der Waals surface area contributed by atoms with Crippen LogP contribution in [0.4, 0.5) is 0 Å². The Labute approximate surface area is 173 Å². The number of halogens is 2. The highest BCUT2D eigenvalue weighted by Gasteiger charge is 2.35. The molecule has 0 aromatic heterocycles. The van der Waals surface area contributed by atoms with Crippen molar-refractivity contribution >= 4 is 72.9 Å². The third-order valence-electron chi connectivity index (χ3n) is 3.98. The Morgan fingerprint density at radius 1 is 0.731 bits per heavy atom. The van der Waals surface area contributed by atoms with E-state index in [9.17, 15) is 19.8 Å². The summed E-state index contributed by atoms with van der Waals surface area (Å²) in [5.41, 5.74) is 4.86. The summed E-state index contributed by atoms with van der Waals surface area (Å²) >= 11 is 8.98. The lowest BCUT2D eigenvalue weighted by molar-refractivity contribution is -0.134. The Morgan fingerprint density at radius 2 is 1.15 bits per heavy atom. The zero-order chi connectivity index (χ0) is 18.6. The predicted molar refractivity (Wildman–Crippen MR) is 111 cm³/mol. The molecule has 1 heterocycles. The summed E-state index contributed by atoms with van der Waals surface area (Å²) < 4.78 is 2.47. The highest BCUT2D eigenvalue weighted by Crippen LogP contribution is 2.57. The Bertz CT molecular complexity index is 991. The Hall–Kier alpha value is -1.48. The second-order valence-corrected chi connectivity index (χ2v) is 9.65. The molecule has 0 radical (unpaired) electrons. The number of thioether (sulfide) groups is 2. The summed E-state index contributed by atoms with van der Waals surface area (Å²) in [5, 5.41) is 18.8. The number of carboxylic acid groups (broad SMARTS) is 2. The maximum absolute atomic E-state index is 11.5. The molecule has 4 rings (SSSR count). The van der Waals surface area contributed by atoms with Crippen LogP contribution in [0.3, 0.4) is 0 Å². The number of hydrogen-bond acceptors (Lipinski definition) is 4. The van der Waals surface area contributed by atoms with Crippen LogP contribution in [0.15, 0.2) is 59.4 Å². The first kappa shape index (κ1) is 17.9. The number of carbonyl (C=O) groups is 2. The third kappa shape index (κ3) is 2.85. The average molecular weight is 512 g/mol. The minimum atomic E-state index is -1.22. The predicted octanol–water partition coefficient (Wildman–Crippen LogP) is 5.77. The quantitative estimate of drug-likeness (QED) is 0.455. The van der Waals surface area contributed by atoms with Gasteiger partial charge >= 0.3 is 11.9 Å². The molecule has 0 atom stereocenters. The molecule has 2 N–H and O–H groups in total. The molecule has 1 aliphatic carbocycles. The number of rotatable bonds is 2. The van der Waals surface area contributed by atoms with E-state index in [1.54, 1.807) is 0 Å². The van der Waals surface area contributed by atoms with Gasteiger partial charge < -0.3 is 10.2 Å². The van der Waals surface area contributed by atoms with Gasteiger partial charge in [-0.25, -0.2) is 9.59 Å². The minimum absolute atomic E-state index is 0.148. The van der Waals surface area contributed by atoms with Gasteiger partial charge in [-0.3, -0.25) is 0 Å². The van der Waals surface area contributed by atoms with E-state index >= 15 is 0 Å². The van der Waals surface area contributed by atoms with Gasteiger partial charge in [-0.05, 0) is 46.5 Å². The summed E-state index contributed by atoms with van der Waals surface area (Å²) in [4.78, 5) is 22.7. The average Bonchev–Trinajstić information content (AvgIpc) is 3.13. The first-order valence-electron chi connectivity index (χ1n) is 7.28. The van der Waals surface area contributed by atoms with E-state index in [4.69, 9.17) is 0 Å². The standard InChI is InChI=1S/C18H8Br2O4S2/c19-7-1-3-9-10-4-2-8(20)6-12(10)13(11(9)5-7)18-25-14(16(21)22)15(26-18)17(23)24/h1-6H,(H,21,22)(H,23,24). The lowest BCUT2D eigenvalue weighted by atomic mass is 10.1. The molecule has 0 saturated carbocycles. The zero-order valence-electron chi connectivity index (χ0n) is 12.7. The van der Waals surface area contributed by atoms with Crippen LogP contribution in [-0.2, 0) is 9.59 Å². The van der Waals surface area contributed by atoms with Crippen LogP contribution in [0.5, 0.6) is 0 Å². The Kier molecular flexibility index (Phi) is 4.54. The van der Waals surface area contributed by atoms with Crippen molar-refractivity contribution in [3.05, 3.63) is 70.5 Å². The van der Waals surface area contributed by atoms with E-state index in [2.05, 4.69) is 31.9 Å². The maximum atomic E-state index is 11.5. The van der Waals surface area contributed by atoms with E-state index in [1.165, 1.54) is 0 Å². The van der Waals surface area contributed by atoms with E-state index in [0.717, 1.165) is 60.3 Å². The number of aliphatic carboxylic acids is 2. The van der Waals surface area contributed by atoms with Crippen molar-refractivity contribution in [1.29, 1.82) is 0 Å². The summed E-state index contributed by atoms with van der Waals surface area (Å²) in [6.07, 6.45) is 0. The van der Waals surface area contributed by atoms with Crippen LogP contribution in [-0.4, -0.2) is 22.2 Å². The first-order valence-corrected chi connectivity index (χ1v) is 10.5. The molecule has 0 bridgehead atoms. The molecule has 0 spiro atoms. The lowest BCUT2D eigenvalue weighted by Gasteiger charge is -2.08. The maximum Gasteiger partial charge on any atom is 0.344 e. The van der Waals surface area contributed by atoms with Crippen molar-refractivity contribution < 1.29 is 19.8 Å². The van der Waals surface area contributed by atoms with E-state index in [1.807, 2.05) is 36.4 Å². The summed E-state index contributed by atoms with van der Waals surface area (Å²) in [5.74, 6) is -2.45. The molecule has 2 aliphatic rings. The van der Waals surface area contributed by atoms with Crippen molar-refractivity contribution in [2.45, 2.75) is 0 Å². The van der Waals surface area contributed by atoms with E-state index in [-0.39, 0.29) is 9.81 Å². The normalized spacial score (nSPS) is 15.3. The van der Waals surface area contributed by atoms with Crippen LogP contribution in [0, 0.1) is 0 Å².